The van der Waals surface area contributed by atoms with E-state index in [1.807, 2.05) is 12.1 Å². The first-order valence-electron chi connectivity index (χ1n) is 5.63. The Kier molecular flexibility index (Phi) is 3.38. The Morgan fingerprint density at radius 3 is 1.90 bits per heavy atom. The normalized spacial score (nSPS) is 9.62. The number of anilines is 2. The minimum atomic E-state index is -0.546. The van der Waals surface area contributed by atoms with Crippen molar-refractivity contribution in [3.63, 3.8) is 0 Å². The molecule has 1 aromatic heterocycles. The molecule has 0 aliphatic rings. The third kappa shape index (κ3) is 2.29. The van der Waals surface area contributed by atoms with Crippen LogP contribution in [0.3, 0.4) is 0 Å². The van der Waals surface area contributed by atoms with Crippen LogP contribution in [0.15, 0.2) is 24.3 Å². The summed E-state index contributed by atoms with van der Waals surface area (Å²) < 4.78 is 0. The average Bonchev–Trinajstić information content (AvgIpc) is 2.46. The zero-order chi connectivity index (χ0) is 15.6. The molecule has 8 heteroatoms. The molecular weight excluding hydrogens is 272 g/mol. The Balaban J connectivity index is 2.76. The molecule has 8 nitrogen and oxygen atoms in total. The molecule has 4 N–H and O–H groups in total. The Bertz CT molecular complexity index is 776. The minimum Gasteiger partial charge on any atom is -0.383 e. The number of rotatable bonds is 2. The van der Waals surface area contributed by atoms with Gasteiger partial charge >= 0.3 is 0 Å². The molecule has 0 bridgehead atoms. The van der Waals surface area contributed by atoms with Gasteiger partial charge in [0.15, 0.2) is 0 Å². The van der Waals surface area contributed by atoms with E-state index in [0.29, 0.717) is 5.56 Å². The van der Waals surface area contributed by atoms with Gasteiger partial charge in [-0.2, -0.15) is 10.5 Å². The van der Waals surface area contributed by atoms with Crippen molar-refractivity contribution in [2.24, 2.45) is 0 Å². The fourth-order valence-electron chi connectivity index (χ4n) is 1.89. The van der Waals surface area contributed by atoms with Crippen molar-refractivity contribution in [2.75, 3.05) is 11.5 Å². The fraction of sp³-hybridized carbons (Fsp3) is 0. The van der Waals surface area contributed by atoms with E-state index in [0.717, 1.165) is 0 Å². The van der Waals surface area contributed by atoms with E-state index in [9.17, 15) is 20.6 Å². The van der Waals surface area contributed by atoms with Gasteiger partial charge in [-0.3, -0.25) is 10.1 Å². The molecule has 0 radical (unpaired) electrons. The first-order valence-corrected chi connectivity index (χ1v) is 5.63. The molecule has 0 spiro atoms. The average molecular weight is 280 g/mol. The molecule has 1 aromatic carbocycles. The van der Waals surface area contributed by atoms with Gasteiger partial charge in [-0.25, -0.2) is 4.98 Å². The summed E-state index contributed by atoms with van der Waals surface area (Å²) in [7, 11) is 0. The predicted molar refractivity (Wildman–Crippen MR) is 74.6 cm³/mol. The molecule has 0 saturated heterocycles. The van der Waals surface area contributed by atoms with Crippen molar-refractivity contribution in [3.05, 3.63) is 45.5 Å². The molecule has 1 heterocycles. The third-order valence-corrected chi connectivity index (χ3v) is 2.84. The molecule has 2 aromatic rings. The molecule has 0 aliphatic heterocycles. The third-order valence-electron chi connectivity index (χ3n) is 2.84. The van der Waals surface area contributed by atoms with E-state index < -0.39 is 4.92 Å². The number of hydrogen-bond donors (Lipinski definition) is 2. The van der Waals surface area contributed by atoms with Gasteiger partial charge in [0.1, 0.15) is 34.9 Å². The van der Waals surface area contributed by atoms with E-state index in [1.165, 1.54) is 24.3 Å². The summed E-state index contributed by atoms with van der Waals surface area (Å²) >= 11 is 0. The maximum absolute atomic E-state index is 10.7. The van der Waals surface area contributed by atoms with E-state index in [2.05, 4.69) is 4.98 Å². The molecule has 102 valence electrons. The second-order valence-corrected chi connectivity index (χ2v) is 4.03. The number of nitrogens with two attached hydrogens (primary N) is 2. The summed E-state index contributed by atoms with van der Waals surface area (Å²) in [6, 6.07) is 9.13. The van der Waals surface area contributed by atoms with E-state index in [1.54, 1.807) is 0 Å². The van der Waals surface area contributed by atoms with Gasteiger partial charge in [-0.1, -0.05) is 0 Å². The number of benzene rings is 1. The summed E-state index contributed by atoms with van der Waals surface area (Å²) in [5, 5.41) is 29.0. The number of non-ortho nitro benzene ring substituents is 1. The molecule has 0 saturated carbocycles. The van der Waals surface area contributed by atoms with Crippen LogP contribution < -0.4 is 11.5 Å². The summed E-state index contributed by atoms with van der Waals surface area (Å²) in [5.41, 5.74) is 11.8. The number of nitro groups is 1. The summed E-state index contributed by atoms with van der Waals surface area (Å²) in [5.74, 6) is -0.190. The zero-order valence-electron chi connectivity index (χ0n) is 10.6. The number of pyridine rings is 1. The van der Waals surface area contributed by atoms with Gasteiger partial charge in [-0.15, -0.1) is 0 Å². The highest BCUT2D eigenvalue weighted by Gasteiger charge is 2.19. The predicted octanol–water partition coefficient (Wildman–Crippen LogP) is 1.56. The lowest BCUT2D eigenvalue weighted by molar-refractivity contribution is -0.384. The van der Waals surface area contributed by atoms with Crippen molar-refractivity contribution in [1.82, 2.24) is 4.98 Å². The quantitative estimate of drug-likeness (QED) is 0.624. The first-order chi connectivity index (χ1) is 9.99. The lowest BCUT2D eigenvalue weighted by atomic mass is 9.96. The van der Waals surface area contributed by atoms with E-state index in [4.69, 9.17) is 11.5 Å². The lowest BCUT2D eigenvalue weighted by Crippen LogP contribution is -2.05. The van der Waals surface area contributed by atoms with Crippen LogP contribution >= 0.6 is 0 Å². The number of nitriles is 2. The highest BCUT2D eigenvalue weighted by molar-refractivity contribution is 5.84. The Morgan fingerprint density at radius 2 is 1.52 bits per heavy atom. The van der Waals surface area contributed by atoms with E-state index in [-0.39, 0.29) is 34.0 Å². The SMILES string of the molecule is N#Cc1c(N)nc(N)c(C#N)c1-c1ccc([N+](=O)[O-])cc1. The van der Waals surface area contributed by atoms with E-state index >= 15 is 0 Å². The smallest absolute Gasteiger partial charge is 0.269 e. The summed E-state index contributed by atoms with van der Waals surface area (Å²) in [6.45, 7) is 0. The minimum absolute atomic E-state index is 0.00889. The van der Waals surface area contributed by atoms with Crippen LogP contribution in [0, 0.1) is 32.8 Å². The Hall–Kier alpha value is -3.65. The maximum atomic E-state index is 10.7. The van der Waals surface area contributed by atoms with Crippen molar-refractivity contribution < 1.29 is 4.92 Å². The molecule has 0 unspecified atom stereocenters. The van der Waals surface area contributed by atoms with Gasteiger partial charge in [-0.05, 0) is 17.7 Å². The van der Waals surface area contributed by atoms with Crippen LogP contribution in [0.5, 0.6) is 0 Å². The number of nitrogens with zero attached hydrogens (tertiary/aromatic N) is 4. The van der Waals surface area contributed by atoms with Crippen molar-refractivity contribution in [3.8, 4) is 23.3 Å². The van der Waals surface area contributed by atoms with Crippen molar-refractivity contribution in [1.29, 1.82) is 10.5 Å². The number of aromatic nitrogens is 1. The van der Waals surface area contributed by atoms with Gasteiger partial charge in [0, 0.05) is 17.7 Å². The van der Waals surface area contributed by atoms with Crippen LogP contribution in [0.2, 0.25) is 0 Å². The number of nitrogen functional groups attached to an aromatic ring is 2. The summed E-state index contributed by atoms with van der Waals surface area (Å²) in [6.07, 6.45) is 0. The summed E-state index contributed by atoms with van der Waals surface area (Å²) in [4.78, 5) is 13.9. The fourth-order valence-corrected chi connectivity index (χ4v) is 1.89. The lowest BCUT2D eigenvalue weighted by Gasteiger charge is -2.10. The van der Waals surface area contributed by atoms with Crippen molar-refractivity contribution in [2.45, 2.75) is 0 Å². The van der Waals surface area contributed by atoms with Gasteiger partial charge in [0.2, 0.25) is 0 Å². The topological polar surface area (TPSA) is 156 Å². The zero-order valence-corrected chi connectivity index (χ0v) is 10.6. The van der Waals surface area contributed by atoms with Crippen LogP contribution in [0.1, 0.15) is 11.1 Å². The monoisotopic (exact) mass is 280 g/mol. The van der Waals surface area contributed by atoms with Crippen LogP contribution in [-0.4, -0.2) is 9.91 Å². The highest BCUT2D eigenvalue weighted by atomic mass is 16.6. The number of hydrogen-bond acceptors (Lipinski definition) is 7. The second-order valence-electron chi connectivity index (χ2n) is 4.03. The molecular formula is C13H8N6O2. The van der Waals surface area contributed by atoms with Gasteiger partial charge in [0.25, 0.3) is 5.69 Å². The highest BCUT2D eigenvalue weighted by Crippen LogP contribution is 2.33. The molecule has 0 amide bonds. The molecule has 2 rings (SSSR count). The molecule has 0 aliphatic carbocycles. The number of nitro benzene ring substituents is 1. The Labute approximate surface area is 119 Å². The molecule has 0 fully saturated rings. The maximum Gasteiger partial charge on any atom is 0.269 e. The molecule has 21 heavy (non-hydrogen) atoms. The van der Waals surface area contributed by atoms with Crippen molar-refractivity contribution >= 4 is 17.3 Å². The standard InChI is InChI=1S/C13H8N6O2/c14-5-9-11(10(6-15)13(17)18-12(9)16)7-1-3-8(4-2-7)19(20)21/h1-4H,(H4,16,17,18). The Morgan fingerprint density at radius 1 is 1.05 bits per heavy atom. The van der Waals surface area contributed by atoms with Crippen LogP contribution in [-0.2, 0) is 0 Å². The largest absolute Gasteiger partial charge is 0.383 e. The van der Waals surface area contributed by atoms with Gasteiger partial charge < -0.3 is 11.5 Å². The van der Waals surface area contributed by atoms with Crippen LogP contribution in [0.25, 0.3) is 11.1 Å². The van der Waals surface area contributed by atoms with Gasteiger partial charge in [0.05, 0.1) is 4.92 Å². The van der Waals surface area contributed by atoms with Crippen LogP contribution in [0.4, 0.5) is 17.3 Å². The molecule has 0 atom stereocenters. The first kappa shape index (κ1) is 13.8. The second kappa shape index (κ2) is 5.15.